The van der Waals surface area contributed by atoms with E-state index in [0.29, 0.717) is 0 Å². The summed E-state index contributed by atoms with van der Waals surface area (Å²) in [5.74, 6) is 0. The van der Waals surface area contributed by atoms with Gasteiger partial charge >= 0.3 is 0 Å². The van der Waals surface area contributed by atoms with Crippen LogP contribution in [0.2, 0.25) is 0 Å². The molecule has 0 unspecified atom stereocenters. The topological polar surface area (TPSA) is 16.4 Å². The lowest BCUT2D eigenvalue weighted by atomic mass is 9.92. The van der Waals surface area contributed by atoms with Crippen LogP contribution in [0.3, 0.4) is 0 Å². The van der Waals surface area contributed by atoms with Crippen LogP contribution in [0.1, 0.15) is 0 Å². The van der Waals surface area contributed by atoms with Crippen LogP contribution in [0.25, 0.3) is 77.2 Å². The largest absolute Gasteiger partial charge is 0.456 e. The molecule has 10 rings (SSSR count). The molecule has 0 saturated heterocycles. The predicted octanol–water partition coefficient (Wildman–Crippen LogP) is 14.9. The van der Waals surface area contributed by atoms with Crippen LogP contribution < -0.4 is 4.90 Å². The minimum atomic E-state index is 0.889. The number of benzene rings is 9. The van der Waals surface area contributed by atoms with Gasteiger partial charge in [-0.1, -0.05) is 164 Å². The molecule has 1 heterocycles. The third-order valence-corrected chi connectivity index (χ3v) is 10.5. The second-order valence-electron chi connectivity index (χ2n) is 13.7. The third-order valence-electron chi connectivity index (χ3n) is 10.5. The van der Waals surface area contributed by atoms with E-state index >= 15 is 0 Å². The van der Waals surface area contributed by atoms with Crippen molar-refractivity contribution in [3.05, 3.63) is 212 Å². The molecule has 0 amide bonds. The number of anilines is 3. The first-order valence-corrected chi connectivity index (χ1v) is 18.4. The van der Waals surface area contributed by atoms with Gasteiger partial charge in [0.15, 0.2) is 0 Å². The Kier molecular flexibility index (Phi) is 7.85. The van der Waals surface area contributed by atoms with Crippen LogP contribution in [-0.4, -0.2) is 0 Å². The Hall–Kier alpha value is -7.16. The smallest absolute Gasteiger partial charge is 0.136 e. The summed E-state index contributed by atoms with van der Waals surface area (Å²) in [7, 11) is 0. The molecule has 2 heteroatoms. The van der Waals surface area contributed by atoms with Crippen molar-refractivity contribution in [2.24, 2.45) is 0 Å². The number of furan rings is 1. The second-order valence-corrected chi connectivity index (χ2v) is 13.7. The Labute approximate surface area is 314 Å². The van der Waals surface area contributed by atoms with Crippen molar-refractivity contribution in [1.29, 1.82) is 0 Å². The molecule has 0 aliphatic rings. The monoisotopic (exact) mass is 689 g/mol. The normalized spacial score (nSPS) is 11.3. The molecule has 0 N–H and O–H groups in total. The Morgan fingerprint density at radius 1 is 0.278 bits per heavy atom. The molecule has 10 aromatic rings. The van der Waals surface area contributed by atoms with E-state index in [1.54, 1.807) is 0 Å². The maximum Gasteiger partial charge on any atom is 0.136 e. The minimum Gasteiger partial charge on any atom is -0.456 e. The van der Waals surface area contributed by atoms with E-state index in [2.05, 4.69) is 217 Å². The number of nitrogens with zero attached hydrogens (tertiary/aromatic N) is 1. The summed E-state index contributed by atoms with van der Waals surface area (Å²) in [6, 6.07) is 75.6. The molecule has 2 nitrogen and oxygen atoms in total. The van der Waals surface area contributed by atoms with Crippen LogP contribution in [0.5, 0.6) is 0 Å². The molecule has 0 aliphatic carbocycles. The van der Waals surface area contributed by atoms with E-state index < -0.39 is 0 Å². The summed E-state index contributed by atoms with van der Waals surface area (Å²) in [6.07, 6.45) is 0. The van der Waals surface area contributed by atoms with Crippen LogP contribution >= 0.6 is 0 Å². The van der Waals surface area contributed by atoms with Gasteiger partial charge in [0, 0.05) is 27.8 Å². The molecular formula is C52H35NO. The maximum atomic E-state index is 6.64. The van der Waals surface area contributed by atoms with Gasteiger partial charge in [-0.3, -0.25) is 0 Å². The van der Waals surface area contributed by atoms with Crippen LogP contribution in [0, 0.1) is 0 Å². The van der Waals surface area contributed by atoms with E-state index in [0.717, 1.165) is 50.1 Å². The van der Waals surface area contributed by atoms with Crippen molar-refractivity contribution in [3.63, 3.8) is 0 Å². The second kappa shape index (κ2) is 13.4. The molecule has 1 aromatic heterocycles. The fourth-order valence-electron chi connectivity index (χ4n) is 7.88. The molecule has 0 atom stereocenters. The zero-order chi connectivity index (χ0) is 35.8. The van der Waals surface area contributed by atoms with Crippen LogP contribution in [0.4, 0.5) is 17.1 Å². The van der Waals surface area contributed by atoms with Gasteiger partial charge in [-0.25, -0.2) is 0 Å². The molecule has 54 heavy (non-hydrogen) atoms. The first-order valence-electron chi connectivity index (χ1n) is 18.4. The Morgan fingerprint density at radius 2 is 0.704 bits per heavy atom. The van der Waals surface area contributed by atoms with Crippen molar-refractivity contribution >= 4 is 49.8 Å². The molecule has 0 bridgehead atoms. The van der Waals surface area contributed by atoms with Gasteiger partial charge in [-0.15, -0.1) is 0 Å². The van der Waals surface area contributed by atoms with Gasteiger partial charge in [0.1, 0.15) is 11.2 Å². The minimum absolute atomic E-state index is 0.889. The van der Waals surface area contributed by atoms with Gasteiger partial charge in [-0.05, 0) is 104 Å². The van der Waals surface area contributed by atoms with Crippen molar-refractivity contribution in [2.75, 3.05) is 4.90 Å². The summed E-state index contributed by atoms with van der Waals surface area (Å²) in [4.78, 5) is 2.33. The van der Waals surface area contributed by atoms with Gasteiger partial charge in [0.05, 0.1) is 0 Å². The maximum absolute atomic E-state index is 6.64. The van der Waals surface area contributed by atoms with E-state index in [9.17, 15) is 0 Å². The first-order chi connectivity index (χ1) is 26.8. The molecule has 254 valence electrons. The molecule has 0 spiro atoms. The number of hydrogen-bond acceptors (Lipinski definition) is 2. The molecule has 0 aliphatic heterocycles. The molecule has 0 saturated carbocycles. The molecule has 9 aromatic carbocycles. The average molecular weight is 690 g/mol. The highest BCUT2D eigenvalue weighted by Gasteiger charge is 2.19. The van der Waals surface area contributed by atoms with Crippen LogP contribution in [-0.2, 0) is 0 Å². The Balaban J connectivity index is 1.08. The van der Waals surface area contributed by atoms with Crippen molar-refractivity contribution in [3.8, 4) is 44.5 Å². The highest BCUT2D eigenvalue weighted by Crippen LogP contribution is 2.44. The lowest BCUT2D eigenvalue weighted by molar-refractivity contribution is 0.669. The van der Waals surface area contributed by atoms with Crippen molar-refractivity contribution in [2.45, 2.75) is 0 Å². The number of rotatable bonds is 7. The third kappa shape index (κ3) is 5.62. The summed E-state index contributed by atoms with van der Waals surface area (Å²) in [6.45, 7) is 0. The fourth-order valence-corrected chi connectivity index (χ4v) is 7.88. The van der Waals surface area contributed by atoms with Gasteiger partial charge < -0.3 is 9.32 Å². The van der Waals surface area contributed by atoms with Crippen molar-refractivity contribution in [1.82, 2.24) is 0 Å². The zero-order valence-corrected chi connectivity index (χ0v) is 29.6. The lowest BCUT2D eigenvalue weighted by Crippen LogP contribution is -2.09. The van der Waals surface area contributed by atoms with Crippen LogP contribution in [0.15, 0.2) is 217 Å². The molecule has 0 fully saturated rings. The Bertz CT molecular complexity index is 2790. The summed E-state index contributed by atoms with van der Waals surface area (Å²) in [5, 5.41) is 4.71. The van der Waals surface area contributed by atoms with E-state index in [4.69, 9.17) is 4.42 Å². The standard InChI is InChI=1S/C52H35NO/c1-4-13-36(14-5-1)38-23-29-42(30-24-38)53(43-31-25-39(26-32-43)37-15-6-2-7-16-37)44-33-27-41(28-34-44)45-21-12-22-49-51(45)52-47-20-11-10-19-46(47)48(35-50(52)54-49)40-17-8-3-9-18-40/h1-35H. The Morgan fingerprint density at radius 3 is 1.24 bits per heavy atom. The quantitative estimate of drug-likeness (QED) is 0.166. The highest BCUT2D eigenvalue weighted by molar-refractivity contribution is 6.25. The first kappa shape index (κ1) is 31.6. The highest BCUT2D eigenvalue weighted by atomic mass is 16.3. The fraction of sp³-hybridized carbons (Fsp3) is 0. The van der Waals surface area contributed by atoms with Gasteiger partial charge in [-0.2, -0.15) is 0 Å². The summed E-state index contributed by atoms with van der Waals surface area (Å²) in [5.41, 5.74) is 14.5. The predicted molar refractivity (Wildman–Crippen MR) is 228 cm³/mol. The van der Waals surface area contributed by atoms with Gasteiger partial charge in [0.25, 0.3) is 0 Å². The summed E-state index contributed by atoms with van der Waals surface area (Å²) >= 11 is 0. The SMILES string of the molecule is c1ccc(-c2ccc(N(c3ccc(-c4ccccc4)cc3)c3ccc(-c4cccc5oc6cc(-c7ccccc7)c7ccccc7c6c45)cc3)cc2)cc1. The van der Waals surface area contributed by atoms with E-state index in [1.165, 1.54) is 44.2 Å². The number of fused-ring (bicyclic) bond motifs is 5. The summed E-state index contributed by atoms with van der Waals surface area (Å²) < 4.78 is 6.64. The van der Waals surface area contributed by atoms with Gasteiger partial charge in [0.2, 0.25) is 0 Å². The van der Waals surface area contributed by atoms with E-state index in [1.807, 2.05) is 0 Å². The average Bonchev–Trinajstić information content (AvgIpc) is 3.64. The molecular weight excluding hydrogens is 655 g/mol. The zero-order valence-electron chi connectivity index (χ0n) is 29.6. The number of hydrogen-bond donors (Lipinski definition) is 0. The molecule has 0 radical (unpaired) electrons. The van der Waals surface area contributed by atoms with E-state index in [-0.39, 0.29) is 0 Å². The lowest BCUT2D eigenvalue weighted by Gasteiger charge is -2.26. The van der Waals surface area contributed by atoms with Crippen molar-refractivity contribution < 1.29 is 4.42 Å².